The Labute approximate surface area is 140 Å². The van der Waals surface area contributed by atoms with E-state index in [0.29, 0.717) is 17.1 Å². The van der Waals surface area contributed by atoms with Gasteiger partial charge in [0.25, 0.3) is 0 Å². The highest BCUT2D eigenvalue weighted by Gasteiger charge is 2.25. The van der Waals surface area contributed by atoms with Crippen molar-refractivity contribution in [2.24, 2.45) is 0 Å². The molecule has 0 spiro atoms. The van der Waals surface area contributed by atoms with Crippen LogP contribution in [0, 0.1) is 0 Å². The molecule has 5 nitrogen and oxygen atoms in total. The maximum atomic E-state index is 12.3. The number of benzene rings is 2. The van der Waals surface area contributed by atoms with Gasteiger partial charge in [-0.2, -0.15) is 0 Å². The number of cyclic esters (lactones) is 1. The highest BCUT2D eigenvalue weighted by Crippen LogP contribution is 2.37. The Kier molecular flexibility index (Phi) is 4.42. The first-order valence-electron chi connectivity index (χ1n) is 7.44. The number of methoxy groups -OCH3 is 3. The minimum absolute atomic E-state index is 0.212. The van der Waals surface area contributed by atoms with Gasteiger partial charge in [0.2, 0.25) is 0 Å². The molecule has 0 amide bonds. The molecule has 1 heterocycles. The van der Waals surface area contributed by atoms with Crippen molar-refractivity contribution in [2.45, 2.75) is 6.61 Å². The van der Waals surface area contributed by atoms with Crippen LogP contribution >= 0.6 is 0 Å². The fourth-order valence-corrected chi connectivity index (χ4v) is 2.66. The number of carbonyl (C=O) groups is 1. The first-order valence-corrected chi connectivity index (χ1v) is 7.44. The summed E-state index contributed by atoms with van der Waals surface area (Å²) in [6.45, 7) is 0.212. The highest BCUT2D eigenvalue weighted by molar-refractivity contribution is 6.22. The van der Waals surface area contributed by atoms with Crippen LogP contribution in [0.25, 0.3) is 11.6 Å². The summed E-state index contributed by atoms with van der Waals surface area (Å²) in [5.74, 6) is 1.54. The Balaban J connectivity index is 2.12. The van der Waals surface area contributed by atoms with Gasteiger partial charge in [-0.05, 0) is 41.5 Å². The number of ether oxygens (including phenoxy) is 4. The van der Waals surface area contributed by atoms with Crippen molar-refractivity contribution in [1.82, 2.24) is 0 Å². The average molecular weight is 326 g/mol. The third-order valence-electron chi connectivity index (χ3n) is 3.88. The van der Waals surface area contributed by atoms with E-state index < -0.39 is 0 Å². The van der Waals surface area contributed by atoms with Crippen LogP contribution in [0.15, 0.2) is 36.4 Å². The topological polar surface area (TPSA) is 54.0 Å². The number of esters is 1. The van der Waals surface area contributed by atoms with Crippen molar-refractivity contribution in [1.29, 1.82) is 0 Å². The first kappa shape index (κ1) is 15.9. The second-order valence-corrected chi connectivity index (χ2v) is 5.28. The van der Waals surface area contributed by atoms with Crippen LogP contribution in [-0.2, 0) is 16.1 Å². The Morgan fingerprint density at radius 2 is 1.75 bits per heavy atom. The summed E-state index contributed by atoms with van der Waals surface area (Å²) < 4.78 is 21.2. The molecule has 2 aromatic carbocycles. The second kappa shape index (κ2) is 6.66. The molecular formula is C19H18O5. The Morgan fingerprint density at radius 3 is 2.46 bits per heavy atom. The maximum Gasteiger partial charge on any atom is 0.339 e. The van der Waals surface area contributed by atoms with Gasteiger partial charge in [-0.25, -0.2) is 4.79 Å². The standard InChI is InChI=1S/C19H18O5/c1-21-14-6-4-5-12(7-14)8-16-15-10-18(23-3)17(22-2)9-13(15)11-24-19(16)20/h4-10H,11H2,1-3H3. The number of rotatable bonds is 4. The molecular weight excluding hydrogens is 308 g/mol. The third-order valence-corrected chi connectivity index (χ3v) is 3.88. The maximum absolute atomic E-state index is 12.3. The monoisotopic (exact) mass is 326 g/mol. The average Bonchev–Trinajstić information content (AvgIpc) is 2.63. The van der Waals surface area contributed by atoms with Crippen molar-refractivity contribution in [2.75, 3.05) is 21.3 Å². The molecule has 124 valence electrons. The molecule has 0 saturated carbocycles. The minimum Gasteiger partial charge on any atom is -0.497 e. The summed E-state index contributed by atoms with van der Waals surface area (Å²) >= 11 is 0. The van der Waals surface area contributed by atoms with Crippen LogP contribution in [0.3, 0.4) is 0 Å². The largest absolute Gasteiger partial charge is 0.497 e. The van der Waals surface area contributed by atoms with Gasteiger partial charge in [-0.3, -0.25) is 0 Å². The molecule has 0 aromatic heterocycles. The lowest BCUT2D eigenvalue weighted by molar-refractivity contribution is -0.138. The van der Waals surface area contributed by atoms with E-state index in [0.717, 1.165) is 22.4 Å². The fourth-order valence-electron chi connectivity index (χ4n) is 2.66. The molecule has 0 bridgehead atoms. The van der Waals surface area contributed by atoms with E-state index in [-0.39, 0.29) is 12.6 Å². The minimum atomic E-state index is -0.363. The van der Waals surface area contributed by atoms with Crippen LogP contribution in [0.2, 0.25) is 0 Å². The molecule has 1 aliphatic rings. The summed E-state index contributed by atoms with van der Waals surface area (Å²) in [5.41, 5.74) is 2.99. The summed E-state index contributed by atoms with van der Waals surface area (Å²) in [4.78, 5) is 12.3. The van der Waals surface area contributed by atoms with Crippen molar-refractivity contribution < 1.29 is 23.7 Å². The zero-order valence-electron chi connectivity index (χ0n) is 13.8. The Hall–Kier alpha value is -2.95. The quantitative estimate of drug-likeness (QED) is 0.637. The smallest absolute Gasteiger partial charge is 0.339 e. The number of hydrogen-bond donors (Lipinski definition) is 0. The molecule has 0 unspecified atom stereocenters. The van der Waals surface area contributed by atoms with Gasteiger partial charge < -0.3 is 18.9 Å². The molecule has 24 heavy (non-hydrogen) atoms. The van der Waals surface area contributed by atoms with E-state index in [2.05, 4.69) is 0 Å². The van der Waals surface area contributed by atoms with E-state index in [4.69, 9.17) is 18.9 Å². The van der Waals surface area contributed by atoms with Gasteiger partial charge in [0, 0.05) is 5.56 Å². The van der Waals surface area contributed by atoms with Gasteiger partial charge >= 0.3 is 5.97 Å². The van der Waals surface area contributed by atoms with Gasteiger partial charge in [-0.15, -0.1) is 0 Å². The summed E-state index contributed by atoms with van der Waals surface area (Å²) in [7, 11) is 4.75. The summed E-state index contributed by atoms with van der Waals surface area (Å²) in [6.07, 6.45) is 1.79. The summed E-state index contributed by atoms with van der Waals surface area (Å²) in [6, 6.07) is 11.1. The fraction of sp³-hybridized carbons (Fsp3) is 0.211. The molecule has 1 aliphatic heterocycles. The van der Waals surface area contributed by atoms with Crippen LogP contribution in [0.5, 0.6) is 17.2 Å². The van der Waals surface area contributed by atoms with Crippen LogP contribution in [0.1, 0.15) is 16.7 Å². The number of hydrogen-bond acceptors (Lipinski definition) is 5. The summed E-state index contributed by atoms with van der Waals surface area (Å²) in [5, 5.41) is 0. The molecule has 0 aliphatic carbocycles. The lowest BCUT2D eigenvalue weighted by Gasteiger charge is -2.21. The molecule has 5 heteroatoms. The molecule has 3 rings (SSSR count). The normalized spacial score (nSPS) is 14.8. The van der Waals surface area contributed by atoms with Crippen LogP contribution in [0.4, 0.5) is 0 Å². The zero-order valence-corrected chi connectivity index (χ0v) is 13.8. The van der Waals surface area contributed by atoms with Gasteiger partial charge in [0.05, 0.1) is 26.9 Å². The molecule has 2 aromatic rings. The molecule has 0 radical (unpaired) electrons. The first-order chi connectivity index (χ1) is 11.7. The number of carbonyl (C=O) groups excluding carboxylic acids is 1. The van der Waals surface area contributed by atoms with Crippen molar-refractivity contribution in [3.63, 3.8) is 0 Å². The Bertz CT molecular complexity index is 807. The van der Waals surface area contributed by atoms with Gasteiger partial charge in [-0.1, -0.05) is 12.1 Å². The predicted octanol–water partition coefficient (Wildman–Crippen LogP) is 3.31. The van der Waals surface area contributed by atoms with Crippen molar-refractivity contribution >= 4 is 17.6 Å². The van der Waals surface area contributed by atoms with Crippen LogP contribution < -0.4 is 14.2 Å². The molecule has 0 fully saturated rings. The van der Waals surface area contributed by atoms with E-state index in [9.17, 15) is 4.79 Å². The van der Waals surface area contributed by atoms with E-state index in [1.54, 1.807) is 33.5 Å². The van der Waals surface area contributed by atoms with E-state index in [1.165, 1.54) is 0 Å². The third kappa shape index (κ3) is 2.93. The molecule has 0 atom stereocenters. The molecule has 0 saturated heterocycles. The van der Waals surface area contributed by atoms with Crippen molar-refractivity contribution in [3.8, 4) is 17.2 Å². The highest BCUT2D eigenvalue weighted by atomic mass is 16.5. The SMILES string of the molecule is COc1cccc(C=C2C(=O)OCc3cc(OC)c(OC)cc32)c1. The van der Waals surface area contributed by atoms with Gasteiger partial charge in [0.15, 0.2) is 11.5 Å². The van der Waals surface area contributed by atoms with Crippen LogP contribution in [-0.4, -0.2) is 27.3 Å². The van der Waals surface area contributed by atoms with Gasteiger partial charge in [0.1, 0.15) is 12.4 Å². The second-order valence-electron chi connectivity index (χ2n) is 5.28. The lowest BCUT2D eigenvalue weighted by Crippen LogP contribution is -2.15. The van der Waals surface area contributed by atoms with E-state index in [1.807, 2.05) is 30.3 Å². The predicted molar refractivity (Wildman–Crippen MR) is 90.2 cm³/mol. The lowest BCUT2D eigenvalue weighted by atomic mass is 9.95. The number of fused-ring (bicyclic) bond motifs is 1. The molecule has 0 N–H and O–H groups in total. The van der Waals surface area contributed by atoms with E-state index >= 15 is 0 Å². The van der Waals surface area contributed by atoms with Crippen molar-refractivity contribution in [3.05, 3.63) is 53.1 Å². The zero-order chi connectivity index (χ0) is 17.1. The Morgan fingerprint density at radius 1 is 1.00 bits per heavy atom.